The number of hydrogen-bond donors (Lipinski definition) is 2. The second-order valence-electron chi connectivity index (χ2n) is 3.27. The quantitative estimate of drug-likeness (QED) is 0.565. The van der Waals surface area contributed by atoms with Crippen LogP contribution in [0, 0.1) is 0 Å². The lowest BCUT2D eigenvalue weighted by Gasteiger charge is -2.11. The molecule has 0 spiro atoms. The number of nitrogens with one attached hydrogen (secondary N) is 2. The Morgan fingerprint density at radius 2 is 2.38 bits per heavy atom. The molecule has 0 saturated carbocycles. The average Bonchev–Trinajstić information content (AvgIpc) is 2.31. The van der Waals surface area contributed by atoms with Crippen molar-refractivity contribution >= 4 is 11.8 Å². The molecule has 1 saturated heterocycles. The molecule has 74 valence electrons. The van der Waals surface area contributed by atoms with Crippen LogP contribution in [0.15, 0.2) is 0 Å². The summed E-state index contributed by atoms with van der Waals surface area (Å²) in [4.78, 5) is 23.8. The number of nitrogens with zero attached hydrogens (tertiary/aromatic N) is 1. The molecule has 0 aliphatic carbocycles. The second-order valence-corrected chi connectivity index (χ2v) is 3.27. The Hall–Kier alpha value is -1.10. The Morgan fingerprint density at radius 1 is 1.69 bits per heavy atom. The van der Waals surface area contributed by atoms with Crippen molar-refractivity contribution in [3.8, 4) is 0 Å². The van der Waals surface area contributed by atoms with Gasteiger partial charge in [-0.1, -0.05) is 0 Å². The average molecular weight is 185 g/mol. The second kappa shape index (κ2) is 4.23. The molecule has 1 atom stereocenters. The van der Waals surface area contributed by atoms with E-state index < -0.39 is 0 Å². The molecule has 5 heteroatoms. The van der Waals surface area contributed by atoms with E-state index in [4.69, 9.17) is 0 Å². The number of hydrogen-bond acceptors (Lipinski definition) is 3. The van der Waals surface area contributed by atoms with E-state index in [0.29, 0.717) is 19.5 Å². The minimum absolute atomic E-state index is 0.0154. The lowest BCUT2D eigenvalue weighted by molar-refractivity contribution is -0.126. The number of likely N-dealkylation sites (N-methyl/N-ethyl adjacent to an activating group) is 2. The van der Waals surface area contributed by atoms with E-state index in [1.54, 1.807) is 19.0 Å². The molecule has 2 amide bonds. The van der Waals surface area contributed by atoms with E-state index in [-0.39, 0.29) is 17.9 Å². The SMILES string of the molecule is CNCC(=O)NC1CC(=O)N(C)C1. The normalized spacial score (nSPS) is 22.2. The molecule has 0 aromatic heterocycles. The van der Waals surface area contributed by atoms with E-state index in [1.807, 2.05) is 0 Å². The first kappa shape index (κ1) is 9.98. The number of carbonyl (C=O) groups excluding carboxylic acids is 2. The van der Waals surface area contributed by atoms with Crippen LogP contribution in [0.3, 0.4) is 0 Å². The van der Waals surface area contributed by atoms with Crippen molar-refractivity contribution in [2.24, 2.45) is 0 Å². The Balaban J connectivity index is 2.31. The summed E-state index contributed by atoms with van der Waals surface area (Å²) in [6.07, 6.45) is 0.423. The molecule has 1 aliphatic rings. The molecular formula is C8H15N3O2. The molecule has 1 heterocycles. The van der Waals surface area contributed by atoms with Crippen LogP contribution in [-0.2, 0) is 9.59 Å². The number of likely N-dealkylation sites (tertiary alicyclic amines) is 1. The number of rotatable bonds is 3. The maximum atomic E-state index is 11.1. The van der Waals surface area contributed by atoms with E-state index >= 15 is 0 Å². The molecule has 0 bridgehead atoms. The molecule has 0 aromatic carbocycles. The molecule has 1 unspecified atom stereocenters. The zero-order valence-corrected chi connectivity index (χ0v) is 7.96. The van der Waals surface area contributed by atoms with Crippen molar-refractivity contribution in [2.75, 3.05) is 27.2 Å². The Morgan fingerprint density at radius 3 is 2.85 bits per heavy atom. The Kier molecular flexibility index (Phi) is 3.25. The van der Waals surface area contributed by atoms with Crippen LogP contribution in [0.1, 0.15) is 6.42 Å². The fraction of sp³-hybridized carbons (Fsp3) is 0.750. The van der Waals surface area contributed by atoms with Crippen LogP contribution in [-0.4, -0.2) is 49.9 Å². The van der Waals surface area contributed by atoms with Crippen molar-refractivity contribution in [2.45, 2.75) is 12.5 Å². The standard InChI is InChI=1S/C8H15N3O2/c1-9-4-7(12)10-6-3-8(13)11(2)5-6/h6,9H,3-5H2,1-2H3,(H,10,12). The van der Waals surface area contributed by atoms with Gasteiger partial charge in [-0.05, 0) is 7.05 Å². The summed E-state index contributed by atoms with van der Waals surface area (Å²) in [6, 6.07) is -0.0154. The first-order valence-corrected chi connectivity index (χ1v) is 4.31. The molecule has 1 aliphatic heterocycles. The highest BCUT2D eigenvalue weighted by molar-refractivity contribution is 5.82. The summed E-state index contributed by atoms with van der Waals surface area (Å²) in [6.45, 7) is 0.919. The fourth-order valence-electron chi connectivity index (χ4n) is 1.40. The Bertz CT molecular complexity index is 217. The molecule has 13 heavy (non-hydrogen) atoms. The van der Waals surface area contributed by atoms with E-state index in [1.165, 1.54) is 0 Å². The molecule has 1 rings (SSSR count). The third kappa shape index (κ3) is 2.69. The maximum Gasteiger partial charge on any atom is 0.234 e. The highest BCUT2D eigenvalue weighted by atomic mass is 16.2. The molecular weight excluding hydrogens is 170 g/mol. The summed E-state index contributed by atoms with van der Waals surface area (Å²) in [5.41, 5.74) is 0. The summed E-state index contributed by atoms with van der Waals surface area (Å²) in [5, 5.41) is 5.53. The van der Waals surface area contributed by atoms with Gasteiger partial charge >= 0.3 is 0 Å². The van der Waals surface area contributed by atoms with Gasteiger partial charge < -0.3 is 15.5 Å². The predicted molar refractivity (Wildman–Crippen MR) is 48.1 cm³/mol. The topological polar surface area (TPSA) is 61.4 Å². The monoisotopic (exact) mass is 185 g/mol. The molecule has 5 nitrogen and oxygen atoms in total. The van der Waals surface area contributed by atoms with Crippen LogP contribution in [0.25, 0.3) is 0 Å². The van der Waals surface area contributed by atoms with Crippen LogP contribution < -0.4 is 10.6 Å². The van der Waals surface area contributed by atoms with Gasteiger partial charge in [-0.25, -0.2) is 0 Å². The van der Waals surface area contributed by atoms with Gasteiger partial charge in [0.1, 0.15) is 0 Å². The van der Waals surface area contributed by atoms with Gasteiger partial charge in [-0.3, -0.25) is 9.59 Å². The maximum absolute atomic E-state index is 11.1. The van der Waals surface area contributed by atoms with Crippen molar-refractivity contribution in [1.29, 1.82) is 0 Å². The molecule has 1 fully saturated rings. The largest absolute Gasteiger partial charge is 0.350 e. The highest BCUT2D eigenvalue weighted by Crippen LogP contribution is 2.07. The molecule has 0 radical (unpaired) electrons. The number of carbonyl (C=O) groups is 2. The first-order valence-electron chi connectivity index (χ1n) is 4.31. The Labute approximate surface area is 77.5 Å². The lowest BCUT2D eigenvalue weighted by atomic mass is 10.2. The minimum atomic E-state index is -0.0596. The van der Waals surface area contributed by atoms with Gasteiger partial charge in [0.15, 0.2) is 0 Å². The number of amides is 2. The predicted octanol–water partition coefficient (Wildman–Crippen LogP) is -1.45. The van der Waals surface area contributed by atoms with Crippen LogP contribution in [0.4, 0.5) is 0 Å². The van der Waals surface area contributed by atoms with Gasteiger partial charge in [0.25, 0.3) is 0 Å². The van der Waals surface area contributed by atoms with Gasteiger partial charge in [0.05, 0.1) is 12.6 Å². The zero-order chi connectivity index (χ0) is 9.84. The van der Waals surface area contributed by atoms with Gasteiger partial charge in [0, 0.05) is 20.0 Å². The molecule has 0 aromatic rings. The van der Waals surface area contributed by atoms with Crippen LogP contribution >= 0.6 is 0 Å². The van der Waals surface area contributed by atoms with Crippen molar-refractivity contribution in [3.05, 3.63) is 0 Å². The van der Waals surface area contributed by atoms with E-state index in [9.17, 15) is 9.59 Å². The van der Waals surface area contributed by atoms with Crippen LogP contribution in [0.2, 0.25) is 0 Å². The summed E-state index contributed by atoms with van der Waals surface area (Å²) >= 11 is 0. The fourth-order valence-corrected chi connectivity index (χ4v) is 1.40. The third-order valence-corrected chi connectivity index (χ3v) is 2.04. The lowest BCUT2D eigenvalue weighted by Crippen LogP contribution is -2.40. The zero-order valence-electron chi connectivity index (χ0n) is 7.96. The van der Waals surface area contributed by atoms with Gasteiger partial charge in [0.2, 0.25) is 11.8 Å². The van der Waals surface area contributed by atoms with Crippen molar-refractivity contribution < 1.29 is 9.59 Å². The molecule has 2 N–H and O–H groups in total. The van der Waals surface area contributed by atoms with E-state index in [2.05, 4.69) is 10.6 Å². The highest BCUT2D eigenvalue weighted by Gasteiger charge is 2.27. The summed E-state index contributed by atoms with van der Waals surface area (Å²) < 4.78 is 0. The smallest absolute Gasteiger partial charge is 0.234 e. The van der Waals surface area contributed by atoms with Crippen molar-refractivity contribution in [1.82, 2.24) is 15.5 Å². The van der Waals surface area contributed by atoms with Crippen LogP contribution in [0.5, 0.6) is 0 Å². The van der Waals surface area contributed by atoms with Gasteiger partial charge in [-0.15, -0.1) is 0 Å². The summed E-state index contributed by atoms with van der Waals surface area (Å²) in [7, 11) is 3.46. The van der Waals surface area contributed by atoms with Gasteiger partial charge in [-0.2, -0.15) is 0 Å². The summed E-state index contributed by atoms with van der Waals surface area (Å²) in [5.74, 6) is 0.0327. The first-order chi connectivity index (χ1) is 6.13. The van der Waals surface area contributed by atoms with E-state index in [0.717, 1.165) is 0 Å². The van der Waals surface area contributed by atoms with Crippen molar-refractivity contribution in [3.63, 3.8) is 0 Å². The minimum Gasteiger partial charge on any atom is -0.350 e. The third-order valence-electron chi connectivity index (χ3n) is 2.04.